The number of aromatic carboxylic acids is 1. The Morgan fingerprint density at radius 3 is 2.74 bits per heavy atom. The number of carbonyl (C=O) groups is 1. The summed E-state index contributed by atoms with van der Waals surface area (Å²) in [5.74, 6) is -1.20. The van der Waals surface area contributed by atoms with Gasteiger partial charge < -0.3 is 9.84 Å². The van der Waals surface area contributed by atoms with E-state index >= 15 is 0 Å². The van der Waals surface area contributed by atoms with Gasteiger partial charge in [-0.2, -0.15) is 13.1 Å². The molecule has 1 rings (SSSR count). The van der Waals surface area contributed by atoms with Crippen LogP contribution < -0.4 is 9.44 Å². The average Bonchev–Trinajstić information content (AvgIpc) is 2.31. The van der Waals surface area contributed by atoms with Crippen LogP contribution in [0, 0.1) is 3.57 Å². The number of ether oxygens (including phenoxy) is 1. The van der Waals surface area contributed by atoms with Crippen molar-refractivity contribution < 1.29 is 23.1 Å². The lowest BCUT2D eigenvalue weighted by Gasteiger charge is -2.11. The second-order valence-electron chi connectivity index (χ2n) is 3.49. The third-order valence-corrected chi connectivity index (χ3v) is 3.80. The van der Waals surface area contributed by atoms with Crippen LogP contribution in [0.15, 0.2) is 18.2 Å². The Hall–Kier alpha value is -0.910. The Labute approximate surface area is 124 Å². The quantitative estimate of drug-likeness (QED) is 0.466. The molecule has 0 heterocycles. The maximum Gasteiger partial charge on any atom is 0.337 e. The Morgan fingerprint density at radius 1 is 1.47 bits per heavy atom. The van der Waals surface area contributed by atoms with Crippen LogP contribution in [0.25, 0.3) is 0 Å². The maximum atomic E-state index is 11.7. The Kier molecular flexibility index (Phi) is 5.97. The molecule has 0 fully saturated rings. The molecule has 1 aromatic carbocycles. The van der Waals surface area contributed by atoms with Gasteiger partial charge in [0.05, 0.1) is 17.9 Å². The van der Waals surface area contributed by atoms with Gasteiger partial charge in [-0.25, -0.2) is 4.79 Å². The topological polar surface area (TPSA) is 105 Å². The van der Waals surface area contributed by atoms with Crippen LogP contribution in [0.2, 0.25) is 0 Å². The van der Waals surface area contributed by atoms with Gasteiger partial charge in [0.2, 0.25) is 0 Å². The van der Waals surface area contributed by atoms with Gasteiger partial charge >= 0.3 is 5.97 Å². The smallest absolute Gasteiger partial charge is 0.337 e. The molecule has 0 atom stereocenters. The molecule has 0 aromatic heterocycles. The number of anilines is 1. The number of methoxy groups -OCH3 is 1. The van der Waals surface area contributed by atoms with Crippen molar-refractivity contribution in [3.05, 3.63) is 27.3 Å². The minimum absolute atomic E-state index is 0.0119. The summed E-state index contributed by atoms with van der Waals surface area (Å²) in [6.07, 6.45) is 0. The predicted molar refractivity (Wildman–Crippen MR) is 78.5 cm³/mol. The van der Waals surface area contributed by atoms with Crippen LogP contribution in [0.5, 0.6) is 0 Å². The van der Waals surface area contributed by atoms with E-state index < -0.39 is 16.2 Å². The van der Waals surface area contributed by atoms with E-state index in [1.54, 1.807) is 6.07 Å². The first-order valence-corrected chi connectivity index (χ1v) is 7.71. The van der Waals surface area contributed by atoms with Crippen molar-refractivity contribution in [2.45, 2.75) is 0 Å². The summed E-state index contributed by atoms with van der Waals surface area (Å²) < 4.78 is 33.1. The molecule has 19 heavy (non-hydrogen) atoms. The van der Waals surface area contributed by atoms with Crippen molar-refractivity contribution in [2.75, 3.05) is 25.0 Å². The van der Waals surface area contributed by atoms with Crippen LogP contribution in [0.4, 0.5) is 5.69 Å². The van der Waals surface area contributed by atoms with Crippen LogP contribution in [0.1, 0.15) is 10.4 Å². The molecule has 1 aromatic rings. The molecule has 0 aliphatic heterocycles. The lowest BCUT2D eigenvalue weighted by atomic mass is 10.2. The number of halogens is 1. The molecule has 0 unspecified atom stereocenters. The summed E-state index contributed by atoms with van der Waals surface area (Å²) >= 11 is 1.95. The van der Waals surface area contributed by atoms with E-state index in [4.69, 9.17) is 9.84 Å². The SMILES string of the molecule is COCCNS(=O)(=O)Nc1ccc(I)cc1C(=O)O. The van der Waals surface area contributed by atoms with Crippen molar-refractivity contribution in [3.63, 3.8) is 0 Å². The predicted octanol–water partition coefficient (Wildman–Crippen LogP) is 0.882. The lowest BCUT2D eigenvalue weighted by molar-refractivity contribution is 0.0698. The zero-order chi connectivity index (χ0) is 14.5. The highest BCUT2D eigenvalue weighted by molar-refractivity contribution is 14.1. The summed E-state index contributed by atoms with van der Waals surface area (Å²) in [6, 6.07) is 4.40. The van der Waals surface area contributed by atoms with E-state index in [-0.39, 0.29) is 24.4 Å². The minimum atomic E-state index is -3.82. The summed E-state index contributed by atoms with van der Waals surface area (Å²) in [6.45, 7) is 0.317. The third kappa shape index (κ3) is 5.30. The van der Waals surface area contributed by atoms with E-state index in [1.165, 1.54) is 19.2 Å². The molecule has 0 radical (unpaired) electrons. The molecule has 7 nitrogen and oxygen atoms in total. The van der Waals surface area contributed by atoms with E-state index in [1.807, 2.05) is 22.6 Å². The first kappa shape index (κ1) is 16.1. The van der Waals surface area contributed by atoms with E-state index in [2.05, 4.69) is 9.44 Å². The largest absolute Gasteiger partial charge is 0.478 e. The summed E-state index contributed by atoms with van der Waals surface area (Å²) in [5.41, 5.74) is -0.0955. The van der Waals surface area contributed by atoms with Crippen LogP contribution in [-0.2, 0) is 14.9 Å². The molecule has 0 saturated carbocycles. The first-order valence-electron chi connectivity index (χ1n) is 5.15. The highest BCUT2D eigenvalue weighted by Crippen LogP contribution is 2.19. The minimum Gasteiger partial charge on any atom is -0.478 e. The van der Waals surface area contributed by atoms with Crippen molar-refractivity contribution in [1.82, 2.24) is 4.72 Å². The van der Waals surface area contributed by atoms with E-state index in [0.29, 0.717) is 3.57 Å². The second kappa shape index (κ2) is 7.03. The van der Waals surface area contributed by atoms with Gasteiger partial charge in [-0.15, -0.1) is 0 Å². The molecule has 0 aliphatic rings. The molecule has 0 amide bonds. The molecule has 9 heteroatoms. The molecule has 0 aliphatic carbocycles. The zero-order valence-electron chi connectivity index (χ0n) is 10.0. The number of hydrogen-bond donors (Lipinski definition) is 3. The van der Waals surface area contributed by atoms with Crippen LogP contribution in [-0.4, -0.2) is 39.8 Å². The van der Waals surface area contributed by atoms with E-state index in [0.717, 1.165) is 0 Å². The molecule has 0 spiro atoms. The van der Waals surface area contributed by atoms with Crippen molar-refractivity contribution >= 4 is 44.5 Å². The Bertz CT molecular complexity index is 561. The number of carboxylic acids is 1. The fraction of sp³-hybridized carbons (Fsp3) is 0.300. The highest BCUT2D eigenvalue weighted by atomic mass is 127. The average molecular weight is 400 g/mol. The monoisotopic (exact) mass is 400 g/mol. The number of carboxylic acid groups (broad SMARTS) is 1. The molecular weight excluding hydrogens is 387 g/mol. The van der Waals surface area contributed by atoms with Gasteiger partial charge in [0.1, 0.15) is 0 Å². The summed E-state index contributed by atoms with van der Waals surface area (Å²) in [7, 11) is -2.37. The lowest BCUT2D eigenvalue weighted by Crippen LogP contribution is -2.33. The zero-order valence-corrected chi connectivity index (χ0v) is 13.0. The number of nitrogens with one attached hydrogen (secondary N) is 2. The Morgan fingerprint density at radius 2 is 2.16 bits per heavy atom. The van der Waals surface area contributed by atoms with Crippen molar-refractivity contribution in [1.29, 1.82) is 0 Å². The van der Waals surface area contributed by atoms with Gasteiger partial charge in [-0.3, -0.25) is 4.72 Å². The molecule has 0 bridgehead atoms. The number of rotatable bonds is 7. The van der Waals surface area contributed by atoms with Crippen LogP contribution in [0.3, 0.4) is 0 Å². The van der Waals surface area contributed by atoms with Crippen molar-refractivity contribution in [3.8, 4) is 0 Å². The maximum absolute atomic E-state index is 11.7. The second-order valence-corrected chi connectivity index (χ2v) is 6.23. The number of hydrogen-bond acceptors (Lipinski definition) is 4. The molecule has 106 valence electrons. The summed E-state index contributed by atoms with van der Waals surface area (Å²) in [4.78, 5) is 11.0. The van der Waals surface area contributed by atoms with Gasteiger partial charge in [0, 0.05) is 17.2 Å². The van der Waals surface area contributed by atoms with E-state index in [9.17, 15) is 13.2 Å². The first-order chi connectivity index (χ1) is 8.85. The van der Waals surface area contributed by atoms with Crippen LogP contribution >= 0.6 is 22.6 Å². The summed E-state index contributed by atoms with van der Waals surface area (Å²) in [5, 5.41) is 9.02. The standard InChI is InChI=1S/C10H13IN2O5S/c1-18-5-4-12-19(16,17)13-9-3-2-7(11)6-8(9)10(14)15/h2-3,6,12-13H,4-5H2,1H3,(H,14,15). The highest BCUT2D eigenvalue weighted by Gasteiger charge is 2.16. The fourth-order valence-corrected chi connectivity index (χ4v) is 2.62. The number of benzene rings is 1. The van der Waals surface area contributed by atoms with Gasteiger partial charge in [-0.05, 0) is 40.8 Å². The third-order valence-electron chi connectivity index (χ3n) is 2.05. The van der Waals surface area contributed by atoms with Gasteiger partial charge in [0.25, 0.3) is 10.2 Å². The van der Waals surface area contributed by atoms with Crippen molar-refractivity contribution in [2.24, 2.45) is 0 Å². The van der Waals surface area contributed by atoms with Gasteiger partial charge in [-0.1, -0.05) is 0 Å². The Balaban J connectivity index is 2.90. The molecule has 3 N–H and O–H groups in total. The normalized spacial score (nSPS) is 11.3. The molecular formula is C10H13IN2O5S. The fourth-order valence-electron chi connectivity index (χ4n) is 1.24. The molecule has 0 saturated heterocycles. The van der Waals surface area contributed by atoms with Gasteiger partial charge in [0.15, 0.2) is 0 Å².